The maximum absolute atomic E-state index is 12.4. The largest absolute Gasteiger partial charge is 0.459 e. The molecular formula is C22H30O8. The molecule has 8 nitrogen and oxygen atoms in total. The van der Waals surface area contributed by atoms with Crippen molar-refractivity contribution in [3.05, 3.63) is 35.4 Å². The summed E-state index contributed by atoms with van der Waals surface area (Å²) in [5.41, 5.74) is 0.535. The third-order valence-electron chi connectivity index (χ3n) is 4.77. The Labute approximate surface area is 176 Å². The molecule has 30 heavy (non-hydrogen) atoms. The first-order valence-electron chi connectivity index (χ1n) is 10.3. The second kappa shape index (κ2) is 10.3. The van der Waals surface area contributed by atoms with Gasteiger partial charge in [-0.1, -0.05) is 33.8 Å². The van der Waals surface area contributed by atoms with E-state index in [-0.39, 0.29) is 61.0 Å². The van der Waals surface area contributed by atoms with Gasteiger partial charge in [0.25, 0.3) is 0 Å². The summed E-state index contributed by atoms with van der Waals surface area (Å²) in [6, 6.07) is 6.24. The molecule has 8 heteroatoms. The smallest absolute Gasteiger partial charge is 0.338 e. The van der Waals surface area contributed by atoms with Crippen molar-refractivity contribution in [1.29, 1.82) is 0 Å². The van der Waals surface area contributed by atoms with Gasteiger partial charge in [-0.15, -0.1) is 0 Å². The summed E-state index contributed by atoms with van der Waals surface area (Å²) in [7, 11) is 0. The van der Waals surface area contributed by atoms with E-state index in [1.807, 2.05) is 27.7 Å². The maximum atomic E-state index is 12.4. The molecule has 2 aliphatic heterocycles. The van der Waals surface area contributed by atoms with Gasteiger partial charge in [-0.05, 0) is 18.2 Å². The summed E-state index contributed by atoms with van der Waals surface area (Å²) >= 11 is 0. The molecule has 1 aromatic rings. The molecule has 1 aromatic carbocycles. The minimum Gasteiger partial charge on any atom is -0.459 e. The normalized spacial score (nSPS) is 26.3. The van der Waals surface area contributed by atoms with Crippen LogP contribution in [0.4, 0.5) is 0 Å². The van der Waals surface area contributed by atoms with Crippen LogP contribution in [0.3, 0.4) is 0 Å². The Kier molecular flexibility index (Phi) is 7.82. The van der Waals surface area contributed by atoms with Crippen molar-refractivity contribution in [2.24, 2.45) is 11.8 Å². The predicted octanol–water partition coefficient (Wildman–Crippen LogP) is 2.80. The van der Waals surface area contributed by atoms with Crippen molar-refractivity contribution in [3.8, 4) is 0 Å². The Morgan fingerprint density at radius 1 is 0.867 bits per heavy atom. The Balaban J connectivity index is 1.46. The van der Waals surface area contributed by atoms with Crippen LogP contribution in [0.25, 0.3) is 0 Å². The lowest BCUT2D eigenvalue weighted by molar-refractivity contribution is -0.0939. The fourth-order valence-electron chi connectivity index (χ4n) is 3.09. The highest BCUT2D eigenvalue weighted by Crippen LogP contribution is 2.20. The van der Waals surface area contributed by atoms with Gasteiger partial charge in [-0.2, -0.15) is 0 Å². The number of benzene rings is 1. The van der Waals surface area contributed by atoms with Gasteiger partial charge in [-0.25, -0.2) is 9.59 Å². The van der Waals surface area contributed by atoms with E-state index in [1.165, 1.54) is 6.07 Å². The van der Waals surface area contributed by atoms with Crippen LogP contribution in [0, 0.1) is 11.8 Å². The number of carbonyl (C=O) groups is 2. The topological polar surface area (TPSA) is 89.5 Å². The quantitative estimate of drug-likeness (QED) is 0.591. The Hall–Kier alpha value is -2.00. The molecule has 2 aliphatic rings. The van der Waals surface area contributed by atoms with Crippen molar-refractivity contribution < 1.29 is 38.0 Å². The molecule has 166 valence electrons. The minimum absolute atomic E-state index is 0.0900. The van der Waals surface area contributed by atoms with Crippen molar-refractivity contribution in [2.75, 3.05) is 26.4 Å². The van der Waals surface area contributed by atoms with E-state index in [1.54, 1.807) is 18.2 Å². The fraction of sp³-hybridized carbons (Fsp3) is 0.636. The van der Waals surface area contributed by atoms with Crippen LogP contribution < -0.4 is 0 Å². The monoisotopic (exact) mass is 422 g/mol. The zero-order valence-electron chi connectivity index (χ0n) is 17.9. The van der Waals surface area contributed by atoms with Gasteiger partial charge in [0, 0.05) is 11.8 Å². The first kappa shape index (κ1) is 22.7. The molecule has 2 saturated heterocycles. The van der Waals surface area contributed by atoms with Crippen LogP contribution in [0.5, 0.6) is 0 Å². The van der Waals surface area contributed by atoms with E-state index in [0.29, 0.717) is 13.2 Å². The lowest BCUT2D eigenvalue weighted by Gasteiger charge is -2.15. The molecule has 0 N–H and O–H groups in total. The van der Waals surface area contributed by atoms with Crippen LogP contribution in [-0.4, -0.2) is 63.2 Å². The predicted molar refractivity (Wildman–Crippen MR) is 106 cm³/mol. The van der Waals surface area contributed by atoms with Crippen molar-refractivity contribution in [1.82, 2.24) is 0 Å². The second-order valence-corrected chi connectivity index (χ2v) is 8.19. The zero-order valence-corrected chi connectivity index (χ0v) is 17.9. The number of rotatable bonds is 8. The van der Waals surface area contributed by atoms with Gasteiger partial charge in [0.1, 0.15) is 25.4 Å². The lowest BCUT2D eigenvalue weighted by atomic mass is 10.1. The number of esters is 2. The molecule has 0 aromatic heterocycles. The van der Waals surface area contributed by atoms with Crippen LogP contribution in [-0.2, 0) is 28.4 Å². The number of hydrogen-bond donors (Lipinski definition) is 0. The first-order chi connectivity index (χ1) is 14.3. The molecule has 0 radical (unpaired) electrons. The summed E-state index contributed by atoms with van der Waals surface area (Å²) in [5, 5.41) is 0. The van der Waals surface area contributed by atoms with Gasteiger partial charge < -0.3 is 28.4 Å². The van der Waals surface area contributed by atoms with Crippen molar-refractivity contribution in [3.63, 3.8) is 0 Å². The molecule has 0 spiro atoms. The minimum atomic E-state index is -0.534. The van der Waals surface area contributed by atoms with E-state index in [9.17, 15) is 9.59 Å². The van der Waals surface area contributed by atoms with E-state index < -0.39 is 11.9 Å². The summed E-state index contributed by atoms with van der Waals surface area (Å²) in [5.74, 6) is -0.612. The molecular weight excluding hydrogens is 392 g/mol. The molecule has 3 rings (SSSR count). The third kappa shape index (κ3) is 6.01. The highest BCUT2D eigenvalue weighted by Gasteiger charge is 2.30. The third-order valence-corrected chi connectivity index (χ3v) is 4.77. The summed E-state index contributed by atoms with van der Waals surface area (Å²) < 4.78 is 33.0. The molecule has 0 amide bonds. The number of ether oxygens (including phenoxy) is 6. The molecule has 0 bridgehead atoms. The van der Waals surface area contributed by atoms with E-state index in [2.05, 4.69) is 0 Å². The molecule has 4 unspecified atom stereocenters. The molecule has 4 atom stereocenters. The van der Waals surface area contributed by atoms with Crippen LogP contribution in [0.2, 0.25) is 0 Å². The van der Waals surface area contributed by atoms with E-state index in [0.717, 1.165) is 0 Å². The Bertz CT molecular complexity index is 674. The van der Waals surface area contributed by atoms with Crippen LogP contribution >= 0.6 is 0 Å². The Morgan fingerprint density at radius 2 is 1.30 bits per heavy atom. The standard InChI is InChI=1S/C22H30O8/c1-13(2)21-27-11-17(29-21)9-25-19(23)15-6-5-7-16(8-15)20(24)26-10-18-12-28-22(30-18)14(3)4/h5-8,13-14,17-18,21-22H,9-12H2,1-4H3. The van der Waals surface area contributed by atoms with Crippen molar-refractivity contribution >= 4 is 11.9 Å². The van der Waals surface area contributed by atoms with Gasteiger partial charge in [0.05, 0.1) is 24.3 Å². The summed E-state index contributed by atoms with van der Waals surface area (Å²) in [6.07, 6.45) is -1.15. The number of carbonyl (C=O) groups excluding carboxylic acids is 2. The first-order valence-corrected chi connectivity index (χ1v) is 10.3. The summed E-state index contributed by atoms with van der Waals surface area (Å²) in [4.78, 5) is 24.7. The van der Waals surface area contributed by atoms with Crippen LogP contribution in [0.15, 0.2) is 24.3 Å². The number of hydrogen-bond acceptors (Lipinski definition) is 8. The van der Waals surface area contributed by atoms with Gasteiger partial charge in [0.2, 0.25) is 0 Å². The Morgan fingerprint density at radius 3 is 1.67 bits per heavy atom. The SMILES string of the molecule is CC(C)C1OCC(COC(=O)c2cccc(C(=O)OCC3COC(C(C)C)O3)c2)O1. The molecule has 0 aliphatic carbocycles. The fourth-order valence-corrected chi connectivity index (χ4v) is 3.09. The zero-order chi connectivity index (χ0) is 21.7. The highest BCUT2D eigenvalue weighted by atomic mass is 16.7. The van der Waals surface area contributed by atoms with E-state index >= 15 is 0 Å². The molecule has 2 fully saturated rings. The van der Waals surface area contributed by atoms with Crippen LogP contribution in [0.1, 0.15) is 48.4 Å². The molecule has 0 saturated carbocycles. The van der Waals surface area contributed by atoms with Gasteiger partial charge >= 0.3 is 11.9 Å². The maximum Gasteiger partial charge on any atom is 0.338 e. The van der Waals surface area contributed by atoms with Gasteiger partial charge in [0.15, 0.2) is 12.6 Å². The van der Waals surface area contributed by atoms with E-state index in [4.69, 9.17) is 28.4 Å². The molecule has 2 heterocycles. The second-order valence-electron chi connectivity index (χ2n) is 8.19. The average molecular weight is 422 g/mol. The average Bonchev–Trinajstić information content (AvgIpc) is 3.40. The lowest BCUT2D eigenvalue weighted by Crippen LogP contribution is -2.24. The van der Waals surface area contributed by atoms with Gasteiger partial charge in [-0.3, -0.25) is 0 Å². The van der Waals surface area contributed by atoms with Crippen molar-refractivity contribution in [2.45, 2.75) is 52.5 Å². The highest BCUT2D eigenvalue weighted by molar-refractivity contribution is 5.95. The summed E-state index contributed by atoms with van der Waals surface area (Å²) in [6.45, 7) is 8.94.